The van der Waals surface area contributed by atoms with Gasteiger partial charge in [0.1, 0.15) is 13.2 Å². The van der Waals surface area contributed by atoms with Crippen LogP contribution in [0.3, 0.4) is 0 Å². The minimum absolute atomic E-state index is 0.121. The van der Waals surface area contributed by atoms with Gasteiger partial charge in [-0.3, -0.25) is 4.79 Å². The van der Waals surface area contributed by atoms with Crippen LogP contribution in [0.15, 0.2) is 48.5 Å². The molecule has 0 radical (unpaired) electrons. The number of carbonyl (C=O) groups is 1. The molecule has 5 nitrogen and oxygen atoms in total. The lowest BCUT2D eigenvalue weighted by Gasteiger charge is -2.20. The maximum atomic E-state index is 12.0. The van der Waals surface area contributed by atoms with Gasteiger partial charge in [0.25, 0.3) is 0 Å². The Balaban J connectivity index is 1.45. The molecular formula is C21H23NO4S. The van der Waals surface area contributed by atoms with Crippen molar-refractivity contribution < 1.29 is 19.0 Å². The molecule has 1 amide bonds. The zero-order valence-electron chi connectivity index (χ0n) is 15.3. The molecule has 1 aliphatic heterocycles. The zero-order chi connectivity index (χ0) is 18.9. The summed E-state index contributed by atoms with van der Waals surface area (Å²) >= 11 is 1.80. The van der Waals surface area contributed by atoms with E-state index in [0.717, 1.165) is 17.1 Å². The molecule has 0 bridgehead atoms. The van der Waals surface area contributed by atoms with Crippen LogP contribution in [0.5, 0.6) is 17.2 Å². The lowest BCUT2D eigenvalue weighted by molar-refractivity contribution is -0.116. The molecule has 6 heteroatoms. The number of rotatable bonds is 8. The Kier molecular flexibility index (Phi) is 7.04. The summed E-state index contributed by atoms with van der Waals surface area (Å²) in [5.41, 5.74) is 2.12. The molecule has 0 saturated heterocycles. The molecule has 2 aromatic rings. The first kappa shape index (κ1) is 19.2. The maximum Gasteiger partial charge on any atom is 0.244 e. The third kappa shape index (κ3) is 5.69. The average Bonchev–Trinajstić information content (AvgIpc) is 2.72. The molecule has 0 unspecified atom stereocenters. The van der Waals surface area contributed by atoms with Gasteiger partial charge < -0.3 is 19.5 Å². The normalized spacial score (nSPS) is 12.8. The lowest BCUT2D eigenvalue weighted by Crippen LogP contribution is -2.23. The van der Waals surface area contributed by atoms with Crippen LogP contribution in [-0.2, 0) is 10.5 Å². The molecular weight excluding hydrogens is 362 g/mol. The number of fused-ring (bicyclic) bond motifs is 1. The Morgan fingerprint density at radius 1 is 1.22 bits per heavy atom. The molecule has 142 valence electrons. The van der Waals surface area contributed by atoms with Crippen LogP contribution < -0.4 is 19.5 Å². The van der Waals surface area contributed by atoms with Gasteiger partial charge in [-0.1, -0.05) is 30.3 Å². The Bertz CT molecular complexity index is 775. The summed E-state index contributed by atoms with van der Waals surface area (Å²) in [5.74, 6) is 3.54. The molecule has 0 atom stereocenters. The van der Waals surface area contributed by atoms with E-state index in [-0.39, 0.29) is 5.91 Å². The molecule has 0 fully saturated rings. The highest BCUT2D eigenvalue weighted by molar-refractivity contribution is 7.98. The summed E-state index contributed by atoms with van der Waals surface area (Å²) < 4.78 is 16.5. The SMILES string of the molecule is COc1cc(/C=C/C(=O)NCCSCc2ccccc2)cc2c1OCCO2. The van der Waals surface area contributed by atoms with Crippen LogP contribution in [0.4, 0.5) is 0 Å². The molecule has 0 spiro atoms. The van der Waals surface area contributed by atoms with Crippen molar-refractivity contribution in [2.24, 2.45) is 0 Å². The van der Waals surface area contributed by atoms with Crippen molar-refractivity contribution in [1.82, 2.24) is 5.32 Å². The number of hydrogen-bond donors (Lipinski definition) is 1. The minimum atomic E-state index is -0.121. The van der Waals surface area contributed by atoms with Gasteiger partial charge in [0, 0.05) is 24.1 Å². The van der Waals surface area contributed by atoms with E-state index in [1.807, 2.05) is 30.3 Å². The number of carbonyl (C=O) groups excluding carboxylic acids is 1. The summed E-state index contributed by atoms with van der Waals surface area (Å²) in [6.07, 6.45) is 3.26. The lowest BCUT2D eigenvalue weighted by atomic mass is 10.1. The number of thioether (sulfide) groups is 1. The molecule has 3 rings (SSSR count). The molecule has 1 heterocycles. The number of hydrogen-bond acceptors (Lipinski definition) is 5. The number of methoxy groups -OCH3 is 1. The van der Waals surface area contributed by atoms with Gasteiger partial charge in [-0.2, -0.15) is 11.8 Å². The van der Waals surface area contributed by atoms with Crippen molar-refractivity contribution in [1.29, 1.82) is 0 Å². The molecule has 27 heavy (non-hydrogen) atoms. The van der Waals surface area contributed by atoms with E-state index in [4.69, 9.17) is 14.2 Å². The van der Waals surface area contributed by atoms with E-state index in [1.54, 1.807) is 24.9 Å². The number of amides is 1. The Labute approximate surface area is 163 Å². The van der Waals surface area contributed by atoms with Crippen molar-refractivity contribution in [3.63, 3.8) is 0 Å². The highest BCUT2D eigenvalue weighted by Crippen LogP contribution is 2.40. The Hall–Kier alpha value is -2.60. The second-order valence-electron chi connectivity index (χ2n) is 5.91. The van der Waals surface area contributed by atoms with Crippen molar-refractivity contribution in [3.8, 4) is 17.2 Å². The first-order valence-electron chi connectivity index (χ1n) is 8.81. The third-order valence-corrected chi connectivity index (χ3v) is 4.96. The summed E-state index contributed by atoms with van der Waals surface area (Å²) in [6.45, 7) is 1.64. The fraction of sp³-hybridized carbons (Fsp3) is 0.286. The third-order valence-electron chi connectivity index (χ3n) is 3.93. The van der Waals surface area contributed by atoms with Gasteiger partial charge >= 0.3 is 0 Å². The zero-order valence-corrected chi connectivity index (χ0v) is 16.1. The van der Waals surface area contributed by atoms with Gasteiger partial charge in [-0.25, -0.2) is 0 Å². The van der Waals surface area contributed by atoms with Crippen LogP contribution >= 0.6 is 11.8 Å². The minimum Gasteiger partial charge on any atom is -0.493 e. The van der Waals surface area contributed by atoms with Crippen molar-refractivity contribution in [2.75, 3.05) is 32.6 Å². The highest BCUT2D eigenvalue weighted by Gasteiger charge is 2.17. The fourth-order valence-electron chi connectivity index (χ4n) is 2.63. The van der Waals surface area contributed by atoms with Crippen LogP contribution in [0.1, 0.15) is 11.1 Å². The van der Waals surface area contributed by atoms with Crippen molar-refractivity contribution in [3.05, 3.63) is 59.7 Å². The van der Waals surface area contributed by atoms with Crippen LogP contribution in [0.2, 0.25) is 0 Å². The number of benzene rings is 2. The van der Waals surface area contributed by atoms with Gasteiger partial charge in [0.15, 0.2) is 11.5 Å². The monoisotopic (exact) mass is 385 g/mol. The molecule has 1 N–H and O–H groups in total. The molecule has 0 aromatic heterocycles. The smallest absolute Gasteiger partial charge is 0.244 e. The van der Waals surface area contributed by atoms with E-state index in [1.165, 1.54) is 11.6 Å². The van der Waals surface area contributed by atoms with Crippen LogP contribution in [0.25, 0.3) is 6.08 Å². The van der Waals surface area contributed by atoms with Crippen LogP contribution in [-0.4, -0.2) is 38.5 Å². The number of nitrogens with one attached hydrogen (secondary N) is 1. The standard InChI is InChI=1S/C21H23NO4S/c1-24-18-13-17(14-19-21(18)26-11-10-25-19)7-8-20(23)22-9-12-27-15-16-5-3-2-4-6-16/h2-8,13-14H,9-12,15H2,1H3,(H,22,23)/b8-7+. The van der Waals surface area contributed by atoms with E-state index < -0.39 is 0 Å². The molecule has 0 aliphatic carbocycles. The van der Waals surface area contributed by atoms with E-state index in [0.29, 0.717) is 37.0 Å². The van der Waals surface area contributed by atoms with E-state index >= 15 is 0 Å². The van der Waals surface area contributed by atoms with Crippen molar-refractivity contribution >= 4 is 23.7 Å². The van der Waals surface area contributed by atoms with Gasteiger partial charge in [-0.05, 0) is 29.3 Å². The molecule has 1 aliphatic rings. The van der Waals surface area contributed by atoms with E-state index in [9.17, 15) is 4.79 Å². The van der Waals surface area contributed by atoms with E-state index in [2.05, 4.69) is 17.4 Å². The first-order valence-corrected chi connectivity index (χ1v) is 9.97. The second-order valence-corrected chi connectivity index (χ2v) is 7.02. The highest BCUT2D eigenvalue weighted by atomic mass is 32.2. The summed E-state index contributed by atoms with van der Waals surface area (Å²) in [5, 5.41) is 2.90. The fourth-order valence-corrected chi connectivity index (χ4v) is 3.45. The average molecular weight is 385 g/mol. The quantitative estimate of drug-likeness (QED) is 0.557. The summed E-state index contributed by atoms with van der Waals surface area (Å²) in [4.78, 5) is 12.0. The topological polar surface area (TPSA) is 56.8 Å². The second kappa shape index (κ2) is 9.92. The predicted molar refractivity (Wildman–Crippen MR) is 109 cm³/mol. The van der Waals surface area contributed by atoms with Gasteiger partial charge in [-0.15, -0.1) is 0 Å². The Morgan fingerprint density at radius 3 is 2.85 bits per heavy atom. The largest absolute Gasteiger partial charge is 0.493 e. The number of ether oxygens (including phenoxy) is 3. The molecule has 2 aromatic carbocycles. The Morgan fingerprint density at radius 2 is 2.04 bits per heavy atom. The maximum absolute atomic E-state index is 12.0. The van der Waals surface area contributed by atoms with Gasteiger partial charge in [0.2, 0.25) is 11.7 Å². The summed E-state index contributed by atoms with van der Waals surface area (Å²) in [6, 6.07) is 14.0. The predicted octanol–water partition coefficient (Wildman–Crippen LogP) is 3.53. The van der Waals surface area contributed by atoms with Crippen LogP contribution in [0, 0.1) is 0 Å². The first-order chi connectivity index (χ1) is 13.3. The van der Waals surface area contributed by atoms with Crippen molar-refractivity contribution in [2.45, 2.75) is 5.75 Å². The molecule has 0 saturated carbocycles. The van der Waals surface area contributed by atoms with Gasteiger partial charge in [0.05, 0.1) is 7.11 Å². The summed E-state index contributed by atoms with van der Waals surface area (Å²) in [7, 11) is 1.58.